The zero-order chi connectivity index (χ0) is 20.5. The van der Waals surface area contributed by atoms with Crippen LogP contribution < -0.4 is 14.8 Å². The largest absolute Gasteiger partial charge is 0.497 e. The van der Waals surface area contributed by atoms with Crippen LogP contribution in [0.15, 0.2) is 36.4 Å². The van der Waals surface area contributed by atoms with Crippen LogP contribution in [-0.2, 0) is 23.1 Å². The molecule has 0 aliphatic carbocycles. The number of methoxy groups -OCH3 is 1. The molecule has 10 heteroatoms. The highest BCUT2D eigenvalue weighted by atomic mass is 79.9. The molecule has 0 bridgehead atoms. The van der Waals surface area contributed by atoms with Gasteiger partial charge < -0.3 is 10.5 Å². The van der Waals surface area contributed by atoms with Gasteiger partial charge in [-0.3, -0.25) is 4.68 Å². The van der Waals surface area contributed by atoms with E-state index in [1.807, 2.05) is 12.1 Å². The van der Waals surface area contributed by atoms with Crippen molar-refractivity contribution in [2.75, 3.05) is 28.7 Å². The Morgan fingerprint density at radius 1 is 1.25 bits per heavy atom. The van der Waals surface area contributed by atoms with Crippen molar-refractivity contribution in [1.29, 1.82) is 0 Å². The third-order valence-electron chi connectivity index (χ3n) is 4.27. The summed E-state index contributed by atoms with van der Waals surface area (Å²) in [7, 11) is -2.06. The number of benzene rings is 2. The van der Waals surface area contributed by atoms with E-state index in [-0.39, 0.29) is 12.4 Å². The molecule has 0 amide bonds. The van der Waals surface area contributed by atoms with Gasteiger partial charge in [0, 0.05) is 5.33 Å². The molecule has 2 N–H and O–H groups in total. The summed E-state index contributed by atoms with van der Waals surface area (Å²) in [6, 6.07) is 10.5. The van der Waals surface area contributed by atoms with Crippen LogP contribution in [0.25, 0.3) is 10.9 Å². The van der Waals surface area contributed by atoms with Gasteiger partial charge in [0.15, 0.2) is 5.82 Å². The van der Waals surface area contributed by atoms with Crippen molar-refractivity contribution in [2.45, 2.75) is 13.1 Å². The highest BCUT2D eigenvalue weighted by Crippen LogP contribution is 2.37. The summed E-state index contributed by atoms with van der Waals surface area (Å²) in [6.07, 6.45) is 1.14. The van der Waals surface area contributed by atoms with Crippen LogP contribution in [0.3, 0.4) is 0 Å². The number of aromatic nitrogens is 2. The molecule has 0 fully saturated rings. The van der Waals surface area contributed by atoms with E-state index < -0.39 is 10.0 Å². The first kappa shape index (κ1) is 20.8. The summed E-state index contributed by atoms with van der Waals surface area (Å²) < 4.78 is 33.3. The first-order chi connectivity index (χ1) is 13.3. The molecule has 1 heterocycles. The second-order valence-corrected chi connectivity index (χ2v) is 9.32. The molecule has 2 aromatic carbocycles. The molecular weight excluding hydrogens is 468 g/mol. The molecule has 0 atom stereocenters. The Balaban J connectivity index is 2.18. The highest BCUT2D eigenvalue weighted by molar-refractivity contribution is 9.09. The van der Waals surface area contributed by atoms with Crippen molar-refractivity contribution in [3.05, 3.63) is 47.0 Å². The Labute approximate surface area is 177 Å². The summed E-state index contributed by atoms with van der Waals surface area (Å²) in [5.41, 5.74) is 8.03. The molecule has 1 aromatic heterocycles. The molecule has 0 spiro atoms. The molecule has 0 aliphatic rings. The molecule has 3 rings (SSSR count). The van der Waals surface area contributed by atoms with Gasteiger partial charge in [0.1, 0.15) is 5.75 Å². The zero-order valence-electron chi connectivity index (χ0n) is 15.4. The lowest BCUT2D eigenvalue weighted by molar-refractivity contribution is 0.414. The second-order valence-electron chi connectivity index (χ2n) is 6.21. The van der Waals surface area contributed by atoms with E-state index in [9.17, 15) is 8.42 Å². The molecule has 150 valence electrons. The van der Waals surface area contributed by atoms with Gasteiger partial charge >= 0.3 is 0 Å². The SMILES string of the molecule is COc1ccc(CN(c2nn(CCBr)c3c(N)ccc(Cl)c23)S(C)(=O)=O)cc1. The van der Waals surface area contributed by atoms with Crippen molar-refractivity contribution in [3.63, 3.8) is 0 Å². The van der Waals surface area contributed by atoms with E-state index in [0.717, 1.165) is 11.8 Å². The molecule has 0 saturated heterocycles. The minimum atomic E-state index is -3.64. The molecule has 7 nitrogen and oxygen atoms in total. The number of hydrogen-bond acceptors (Lipinski definition) is 5. The first-order valence-electron chi connectivity index (χ1n) is 8.37. The smallest absolute Gasteiger partial charge is 0.233 e. The normalized spacial score (nSPS) is 11.7. The second kappa shape index (κ2) is 8.18. The quantitative estimate of drug-likeness (QED) is 0.406. The molecule has 0 unspecified atom stereocenters. The molecular formula is C18H20BrClN4O3S. The zero-order valence-corrected chi connectivity index (χ0v) is 18.6. The number of sulfonamides is 1. The summed E-state index contributed by atoms with van der Waals surface area (Å²) in [4.78, 5) is 0. The molecule has 3 aromatic rings. The lowest BCUT2D eigenvalue weighted by Crippen LogP contribution is -2.30. The van der Waals surface area contributed by atoms with Gasteiger partial charge in [-0.2, -0.15) is 5.10 Å². The van der Waals surface area contributed by atoms with Crippen molar-refractivity contribution >= 4 is 60.0 Å². The Morgan fingerprint density at radius 3 is 2.50 bits per heavy atom. The Hall–Kier alpha value is -1.97. The summed E-state index contributed by atoms with van der Waals surface area (Å²) in [5.74, 6) is 0.948. The number of fused-ring (bicyclic) bond motifs is 1. The number of nitrogens with zero attached hydrogens (tertiary/aromatic N) is 3. The van der Waals surface area contributed by atoms with E-state index in [1.165, 1.54) is 4.31 Å². The fourth-order valence-corrected chi connectivity index (χ4v) is 4.35. The highest BCUT2D eigenvalue weighted by Gasteiger charge is 2.26. The van der Waals surface area contributed by atoms with E-state index in [1.54, 1.807) is 36.1 Å². The summed E-state index contributed by atoms with van der Waals surface area (Å²) >= 11 is 9.82. The number of nitrogens with two attached hydrogens (primary N) is 1. The predicted octanol–water partition coefficient (Wildman–Crippen LogP) is 3.64. The van der Waals surface area contributed by atoms with Crippen LogP contribution in [0.1, 0.15) is 5.56 Å². The maximum Gasteiger partial charge on any atom is 0.233 e. The lowest BCUT2D eigenvalue weighted by atomic mass is 10.2. The average Bonchev–Trinajstić information content (AvgIpc) is 3.03. The van der Waals surface area contributed by atoms with Crippen LogP contribution in [-0.4, -0.2) is 36.9 Å². The average molecular weight is 488 g/mol. The number of aryl methyl sites for hydroxylation is 1. The van der Waals surface area contributed by atoms with Gasteiger partial charge in [0.05, 0.1) is 48.1 Å². The van der Waals surface area contributed by atoms with Crippen LogP contribution in [0, 0.1) is 0 Å². The minimum Gasteiger partial charge on any atom is -0.497 e. The first-order valence-corrected chi connectivity index (χ1v) is 11.7. The van der Waals surface area contributed by atoms with E-state index in [4.69, 9.17) is 22.1 Å². The van der Waals surface area contributed by atoms with E-state index in [0.29, 0.717) is 39.2 Å². The fraction of sp³-hybridized carbons (Fsp3) is 0.278. The van der Waals surface area contributed by atoms with Crippen LogP contribution >= 0.6 is 27.5 Å². The number of anilines is 2. The third kappa shape index (κ3) is 4.06. The Morgan fingerprint density at radius 2 is 1.93 bits per heavy atom. The maximum atomic E-state index is 12.6. The molecule has 0 saturated carbocycles. The Bertz CT molecular complexity index is 1100. The summed E-state index contributed by atoms with van der Waals surface area (Å²) in [5, 5.41) is 6.08. The van der Waals surface area contributed by atoms with Crippen molar-refractivity contribution in [3.8, 4) is 5.75 Å². The van der Waals surface area contributed by atoms with Crippen LogP contribution in [0.2, 0.25) is 5.02 Å². The van der Waals surface area contributed by atoms with E-state index >= 15 is 0 Å². The summed E-state index contributed by atoms with van der Waals surface area (Å²) in [6.45, 7) is 0.621. The third-order valence-corrected chi connectivity index (χ3v) is 6.05. The topological polar surface area (TPSA) is 90.4 Å². The number of nitrogen functional groups attached to an aromatic ring is 1. The van der Waals surface area contributed by atoms with E-state index in [2.05, 4.69) is 21.0 Å². The monoisotopic (exact) mass is 486 g/mol. The maximum absolute atomic E-state index is 12.6. The molecule has 0 radical (unpaired) electrons. The fourth-order valence-electron chi connectivity index (χ4n) is 2.95. The van der Waals surface area contributed by atoms with Gasteiger partial charge in [-0.05, 0) is 29.8 Å². The van der Waals surface area contributed by atoms with Crippen LogP contribution in [0.4, 0.5) is 11.5 Å². The van der Waals surface area contributed by atoms with Crippen molar-refractivity contribution in [1.82, 2.24) is 9.78 Å². The minimum absolute atomic E-state index is 0.106. The molecule has 0 aliphatic heterocycles. The van der Waals surface area contributed by atoms with Gasteiger partial charge in [-0.15, -0.1) is 0 Å². The van der Waals surface area contributed by atoms with Crippen LogP contribution in [0.5, 0.6) is 5.75 Å². The van der Waals surface area contributed by atoms with Crippen molar-refractivity contribution < 1.29 is 13.2 Å². The predicted molar refractivity (Wildman–Crippen MR) is 117 cm³/mol. The number of rotatable bonds is 7. The van der Waals surface area contributed by atoms with Crippen molar-refractivity contribution in [2.24, 2.45) is 0 Å². The van der Waals surface area contributed by atoms with Gasteiger partial charge in [0.25, 0.3) is 0 Å². The van der Waals surface area contributed by atoms with Gasteiger partial charge in [-0.25, -0.2) is 12.7 Å². The number of ether oxygens (including phenoxy) is 1. The molecule has 28 heavy (non-hydrogen) atoms. The number of hydrogen-bond donors (Lipinski definition) is 1. The van der Waals surface area contributed by atoms with Gasteiger partial charge in [0.2, 0.25) is 10.0 Å². The van der Waals surface area contributed by atoms with Gasteiger partial charge in [-0.1, -0.05) is 39.7 Å². The number of halogens is 2. The number of alkyl halides is 1. The Kier molecular flexibility index (Phi) is 6.07. The standard InChI is InChI=1S/C18H20BrClN4O3S/c1-27-13-5-3-12(4-6-13)11-24(28(2,25)26)18-16-14(20)7-8-15(21)17(16)23(22-18)10-9-19/h3-8H,9-11,21H2,1-2H3. The lowest BCUT2D eigenvalue weighted by Gasteiger charge is -2.21.